The number of alkyl halides is 3. The van der Waals surface area contributed by atoms with E-state index < -0.39 is 11.7 Å². The quantitative estimate of drug-likeness (QED) is 0.611. The standard InChI is InChI=1S/C18H14F3NO2S/c1-23-14-7-12(8-15(9-14)24-2)17-22-16(10-25-17)11-4-3-5-13(6-11)18(19,20)21/h3-10H,1-2H3. The van der Waals surface area contributed by atoms with Crippen molar-refractivity contribution in [3.05, 3.63) is 53.4 Å². The van der Waals surface area contributed by atoms with E-state index in [2.05, 4.69) is 4.98 Å². The zero-order chi connectivity index (χ0) is 18.0. The highest BCUT2D eigenvalue weighted by Crippen LogP contribution is 2.36. The van der Waals surface area contributed by atoms with Gasteiger partial charge in [-0.3, -0.25) is 0 Å². The Labute approximate surface area is 146 Å². The summed E-state index contributed by atoms with van der Waals surface area (Å²) in [6.07, 6.45) is -4.38. The number of hydrogen-bond donors (Lipinski definition) is 0. The monoisotopic (exact) mass is 365 g/mol. The smallest absolute Gasteiger partial charge is 0.416 e. The first-order valence-corrected chi connectivity index (χ1v) is 8.15. The highest BCUT2D eigenvalue weighted by Gasteiger charge is 2.30. The van der Waals surface area contributed by atoms with Crippen molar-refractivity contribution in [1.29, 1.82) is 0 Å². The number of hydrogen-bond acceptors (Lipinski definition) is 4. The molecule has 1 heterocycles. The minimum Gasteiger partial charge on any atom is -0.497 e. The molecule has 0 unspecified atom stereocenters. The first-order chi connectivity index (χ1) is 11.9. The lowest BCUT2D eigenvalue weighted by Gasteiger charge is -2.07. The van der Waals surface area contributed by atoms with Crippen LogP contribution < -0.4 is 9.47 Å². The first kappa shape index (κ1) is 17.3. The number of halogens is 3. The van der Waals surface area contributed by atoms with Gasteiger partial charge in [0, 0.05) is 22.6 Å². The summed E-state index contributed by atoms with van der Waals surface area (Å²) in [5, 5.41) is 2.40. The van der Waals surface area contributed by atoms with Crippen LogP contribution in [-0.4, -0.2) is 19.2 Å². The molecule has 3 rings (SSSR count). The van der Waals surface area contributed by atoms with E-state index in [1.807, 2.05) is 0 Å². The number of thiazole rings is 1. The molecule has 0 fully saturated rings. The van der Waals surface area contributed by atoms with Gasteiger partial charge >= 0.3 is 6.18 Å². The van der Waals surface area contributed by atoms with Gasteiger partial charge in [-0.05, 0) is 24.3 Å². The molecule has 0 aliphatic carbocycles. The summed E-state index contributed by atoms with van der Waals surface area (Å²) < 4.78 is 49.1. The highest BCUT2D eigenvalue weighted by atomic mass is 32.1. The lowest BCUT2D eigenvalue weighted by Crippen LogP contribution is -2.04. The van der Waals surface area contributed by atoms with E-state index in [0.29, 0.717) is 27.8 Å². The van der Waals surface area contributed by atoms with Crippen LogP contribution in [0.15, 0.2) is 47.8 Å². The van der Waals surface area contributed by atoms with Crippen LogP contribution in [0.3, 0.4) is 0 Å². The molecule has 3 aromatic rings. The van der Waals surface area contributed by atoms with E-state index in [4.69, 9.17) is 9.47 Å². The fraction of sp³-hybridized carbons (Fsp3) is 0.167. The number of benzene rings is 2. The lowest BCUT2D eigenvalue weighted by atomic mass is 10.1. The molecule has 130 valence electrons. The maximum Gasteiger partial charge on any atom is 0.416 e. The largest absolute Gasteiger partial charge is 0.497 e. The molecule has 0 atom stereocenters. The average Bonchev–Trinajstić information content (AvgIpc) is 3.11. The van der Waals surface area contributed by atoms with Crippen LogP contribution in [0.4, 0.5) is 13.2 Å². The third-order valence-corrected chi connectivity index (χ3v) is 4.48. The Hall–Kier alpha value is -2.54. The molecule has 0 aliphatic rings. The van der Waals surface area contributed by atoms with Gasteiger partial charge in [0.25, 0.3) is 0 Å². The van der Waals surface area contributed by atoms with Crippen molar-refractivity contribution in [2.24, 2.45) is 0 Å². The van der Waals surface area contributed by atoms with Crippen molar-refractivity contribution in [3.8, 4) is 33.3 Å². The molecule has 3 nitrogen and oxygen atoms in total. The molecule has 0 N–H and O–H groups in total. The van der Waals surface area contributed by atoms with E-state index in [-0.39, 0.29) is 0 Å². The van der Waals surface area contributed by atoms with Crippen LogP contribution in [-0.2, 0) is 6.18 Å². The second-order valence-electron chi connectivity index (χ2n) is 5.22. The molecule has 0 saturated heterocycles. The zero-order valence-electron chi connectivity index (χ0n) is 13.4. The second-order valence-corrected chi connectivity index (χ2v) is 6.08. The number of nitrogens with zero attached hydrogens (tertiary/aromatic N) is 1. The van der Waals surface area contributed by atoms with Crippen LogP contribution >= 0.6 is 11.3 Å². The summed E-state index contributed by atoms with van der Waals surface area (Å²) in [6, 6.07) is 10.5. The summed E-state index contributed by atoms with van der Waals surface area (Å²) in [6.45, 7) is 0. The first-order valence-electron chi connectivity index (χ1n) is 7.27. The van der Waals surface area contributed by atoms with E-state index >= 15 is 0 Å². The second kappa shape index (κ2) is 6.76. The molecule has 0 aliphatic heterocycles. The summed E-state index contributed by atoms with van der Waals surface area (Å²) in [5.41, 5.74) is 1.00. The van der Waals surface area contributed by atoms with Crippen molar-refractivity contribution in [2.45, 2.75) is 6.18 Å². The molecular formula is C18H14F3NO2S. The molecule has 0 radical (unpaired) electrons. The Morgan fingerprint density at radius 1 is 0.920 bits per heavy atom. The van der Waals surface area contributed by atoms with Gasteiger partial charge in [0.2, 0.25) is 0 Å². The van der Waals surface area contributed by atoms with Gasteiger partial charge in [0.15, 0.2) is 0 Å². The Morgan fingerprint density at radius 3 is 2.20 bits per heavy atom. The predicted molar refractivity (Wildman–Crippen MR) is 91.1 cm³/mol. The predicted octanol–water partition coefficient (Wildman–Crippen LogP) is 5.51. The number of rotatable bonds is 4. The van der Waals surface area contributed by atoms with Gasteiger partial charge in [0.05, 0.1) is 25.5 Å². The van der Waals surface area contributed by atoms with E-state index in [9.17, 15) is 13.2 Å². The Bertz CT molecular complexity index is 868. The summed E-state index contributed by atoms with van der Waals surface area (Å²) in [4.78, 5) is 4.46. The highest BCUT2D eigenvalue weighted by molar-refractivity contribution is 7.13. The third-order valence-electron chi connectivity index (χ3n) is 3.59. The van der Waals surface area contributed by atoms with Crippen LogP contribution in [0.2, 0.25) is 0 Å². The molecule has 25 heavy (non-hydrogen) atoms. The van der Waals surface area contributed by atoms with Crippen molar-refractivity contribution in [1.82, 2.24) is 4.98 Å². The molecule has 7 heteroatoms. The zero-order valence-corrected chi connectivity index (χ0v) is 14.2. The summed E-state index contributed by atoms with van der Waals surface area (Å²) >= 11 is 1.35. The summed E-state index contributed by atoms with van der Waals surface area (Å²) in [5.74, 6) is 1.23. The fourth-order valence-corrected chi connectivity index (χ4v) is 3.14. The van der Waals surface area contributed by atoms with Gasteiger partial charge in [-0.15, -0.1) is 11.3 Å². The van der Waals surface area contributed by atoms with Gasteiger partial charge in [-0.25, -0.2) is 4.98 Å². The van der Waals surface area contributed by atoms with Gasteiger partial charge < -0.3 is 9.47 Å². The van der Waals surface area contributed by atoms with Crippen LogP contribution in [0.25, 0.3) is 21.8 Å². The maximum absolute atomic E-state index is 12.9. The maximum atomic E-state index is 12.9. The normalized spacial score (nSPS) is 11.4. The number of methoxy groups -OCH3 is 2. The van der Waals surface area contributed by atoms with Crippen molar-refractivity contribution >= 4 is 11.3 Å². The van der Waals surface area contributed by atoms with E-state index in [0.717, 1.165) is 17.7 Å². The van der Waals surface area contributed by atoms with Crippen LogP contribution in [0.1, 0.15) is 5.56 Å². The lowest BCUT2D eigenvalue weighted by molar-refractivity contribution is -0.137. The molecule has 0 amide bonds. The van der Waals surface area contributed by atoms with E-state index in [1.54, 1.807) is 43.9 Å². The summed E-state index contributed by atoms with van der Waals surface area (Å²) in [7, 11) is 3.10. The Kier molecular flexibility index (Phi) is 4.67. The van der Waals surface area contributed by atoms with Crippen LogP contribution in [0.5, 0.6) is 11.5 Å². The average molecular weight is 365 g/mol. The minimum atomic E-state index is -4.38. The van der Waals surface area contributed by atoms with Crippen molar-refractivity contribution in [3.63, 3.8) is 0 Å². The Balaban J connectivity index is 1.98. The SMILES string of the molecule is COc1cc(OC)cc(-c2nc(-c3cccc(C(F)(F)F)c3)cs2)c1. The third kappa shape index (κ3) is 3.76. The minimum absolute atomic E-state index is 0.423. The van der Waals surface area contributed by atoms with Crippen LogP contribution in [0, 0.1) is 0 Å². The van der Waals surface area contributed by atoms with Gasteiger partial charge in [-0.1, -0.05) is 12.1 Å². The molecule has 0 bridgehead atoms. The number of aromatic nitrogens is 1. The number of ether oxygens (including phenoxy) is 2. The van der Waals surface area contributed by atoms with E-state index in [1.165, 1.54) is 17.4 Å². The molecule has 1 aromatic heterocycles. The molecule has 2 aromatic carbocycles. The topological polar surface area (TPSA) is 31.4 Å². The van der Waals surface area contributed by atoms with Gasteiger partial charge in [0.1, 0.15) is 16.5 Å². The van der Waals surface area contributed by atoms with Crippen molar-refractivity contribution < 1.29 is 22.6 Å². The molecule has 0 spiro atoms. The van der Waals surface area contributed by atoms with Crippen molar-refractivity contribution in [2.75, 3.05) is 14.2 Å². The molecule has 0 saturated carbocycles. The fourth-order valence-electron chi connectivity index (χ4n) is 2.32. The Morgan fingerprint density at radius 2 is 1.60 bits per heavy atom. The molecular weight excluding hydrogens is 351 g/mol. The van der Waals surface area contributed by atoms with Gasteiger partial charge in [-0.2, -0.15) is 13.2 Å².